The largest absolute Gasteiger partial charge is 0.370 e. The molecule has 0 saturated carbocycles. The van der Waals surface area contributed by atoms with E-state index in [0.717, 1.165) is 29.5 Å². The van der Waals surface area contributed by atoms with Crippen LogP contribution in [-0.2, 0) is 4.79 Å². The van der Waals surface area contributed by atoms with Gasteiger partial charge in [0.2, 0.25) is 5.91 Å². The van der Waals surface area contributed by atoms with E-state index in [1.54, 1.807) is 6.07 Å². The van der Waals surface area contributed by atoms with Gasteiger partial charge in [-0.25, -0.2) is 0 Å². The molecule has 1 unspecified atom stereocenters. The van der Waals surface area contributed by atoms with E-state index in [0.29, 0.717) is 25.2 Å². The highest BCUT2D eigenvalue weighted by Crippen LogP contribution is 2.30. The summed E-state index contributed by atoms with van der Waals surface area (Å²) >= 11 is 3.51. The van der Waals surface area contributed by atoms with Crippen molar-refractivity contribution in [2.45, 2.75) is 12.8 Å². The summed E-state index contributed by atoms with van der Waals surface area (Å²) in [5.41, 5.74) is 7.07. The fraction of sp³-hybridized carbons (Fsp3) is 0.467. The molecule has 1 amide bonds. The van der Waals surface area contributed by atoms with E-state index in [9.17, 15) is 4.79 Å². The minimum atomic E-state index is -0.00663. The van der Waals surface area contributed by atoms with E-state index >= 15 is 0 Å². The summed E-state index contributed by atoms with van der Waals surface area (Å²) in [6.45, 7) is 2.60. The first-order chi connectivity index (χ1) is 10.2. The molecule has 1 aliphatic rings. The summed E-state index contributed by atoms with van der Waals surface area (Å²) in [6.07, 6.45) is 1.88. The van der Waals surface area contributed by atoms with Crippen molar-refractivity contribution in [3.63, 3.8) is 0 Å². The van der Waals surface area contributed by atoms with Gasteiger partial charge in [0.25, 0.3) is 0 Å². The molecule has 112 valence electrons. The standard InChI is InChI=1S/C15H19BrN4O/c16-13-8-11(9-18)3-4-14(13)20-7-1-2-12(10-20)15(21)19-6-5-17/h3-4,8,12H,1-2,5-7,10,17H2,(H,19,21). The predicted molar refractivity (Wildman–Crippen MR) is 85.9 cm³/mol. The Morgan fingerprint density at radius 2 is 2.38 bits per heavy atom. The van der Waals surface area contributed by atoms with E-state index < -0.39 is 0 Å². The van der Waals surface area contributed by atoms with Crippen LogP contribution in [0.3, 0.4) is 0 Å². The van der Waals surface area contributed by atoms with Gasteiger partial charge in [-0.05, 0) is 47.0 Å². The van der Waals surface area contributed by atoms with Gasteiger partial charge in [0.15, 0.2) is 0 Å². The second-order valence-electron chi connectivity index (χ2n) is 5.14. The van der Waals surface area contributed by atoms with E-state index in [-0.39, 0.29) is 11.8 Å². The summed E-state index contributed by atoms with van der Waals surface area (Å²) in [4.78, 5) is 14.3. The monoisotopic (exact) mass is 350 g/mol. The van der Waals surface area contributed by atoms with Gasteiger partial charge in [0.05, 0.1) is 23.2 Å². The van der Waals surface area contributed by atoms with E-state index in [1.807, 2.05) is 12.1 Å². The Hall–Kier alpha value is -1.58. The maximum absolute atomic E-state index is 12.1. The Labute approximate surface area is 133 Å². The van der Waals surface area contributed by atoms with Crippen molar-refractivity contribution in [3.05, 3.63) is 28.2 Å². The lowest BCUT2D eigenvalue weighted by atomic mass is 9.96. The second kappa shape index (κ2) is 7.43. The molecule has 5 nitrogen and oxygen atoms in total. The summed E-state index contributed by atoms with van der Waals surface area (Å²) < 4.78 is 0.893. The van der Waals surface area contributed by atoms with Crippen molar-refractivity contribution in [2.24, 2.45) is 11.7 Å². The molecular weight excluding hydrogens is 332 g/mol. The number of amides is 1. The van der Waals surface area contributed by atoms with Gasteiger partial charge < -0.3 is 16.0 Å². The van der Waals surface area contributed by atoms with Crippen LogP contribution >= 0.6 is 15.9 Å². The lowest BCUT2D eigenvalue weighted by Crippen LogP contribution is -2.44. The number of benzene rings is 1. The molecule has 1 heterocycles. The average molecular weight is 351 g/mol. The number of nitrogens with two attached hydrogens (primary N) is 1. The number of carbonyl (C=O) groups is 1. The molecule has 0 aromatic heterocycles. The SMILES string of the molecule is N#Cc1ccc(N2CCCC(C(=O)NCCN)C2)c(Br)c1. The number of hydrogen-bond donors (Lipinski definition) is 2. The number of hydrogen-bond acceptors (Lipinski definition) is 4. The van der Waals surface area contributed by atoms with Crippen LogP contribution in [0.1, 0.15) is 18.4 Å². The molecular formula is C15H19BrN4O. The number of piperidine rings is 1. The first kappa shape index (κ1) is 15.8. The highest BCUT2D eigenvalue weighted by molar-refractivity contribution is 9.10. The zero-order chi connectivity index (χ0) is 15.2. The molecule has 1 aliphatic heterocycles. The molecule has 0 aliphatic carbocycles. The van der Waals surface area contributed by atoms with Crippen LogP contribution in [0.5, 0.6) is 0 Å². The quantitative estimate of drug-likeness (QED) is 0.864. The van der Waals surface area contributed by atoms with Gasteiger partial charge in [0.1, 0.15) is 0 Å². The van der Waals surface area contributed by atoms with Crippen LogP contribution in [-0.4, -0.2) is 32.1 Å². The number of nitrogens with zero attached hydrogens (tertiary/aromatic N) is 2. The lowest BCUT2D eigenvalue weighted by Gasteiger charge is -2.34. The molecule has 1 fully saturated rings. The third-order valence-electron chi connectivity index (χ3n) is 3.65. The third kappa shape index (κ3) is 3.96. The van der Waals surface area contributed by atoms with Gasteiger partial charge in [0, 0.05) is 30.7 Å². The Bertz CT molecular complexity index is 555. The molecule has 21 heavy (non-hydrogen) atoms. The predicted octanol–water partition coefficient (Wildman–Crippen LogP) is 1.61. The molecule has 0 bridgehead atoms. The summed E-state index contributed by atoms with van der Waals surface area (Å²) in [5.74, 6) is 0.0720. The average Bonchev–Trinajstić information content (AvgIpc) is 2.52. The number of carbonyl (C=O) groups excluding carboxylic acids is 1. The molecule has 6 heteroatoms. The molecule has 2 rings (SSSR count). The van der Waals surface area contributed by atoms with Crippen molar-refractivity contribution in [2.75, 3.05) is 31.1 Å². The maximum Gasteiger partial charge on any atom is 0.224 e. The van der Waals surface area contributed by atoms with Crippen molar-refractivity contribution in [1.29, 1.82) is 5.26 Å². The minimum Gasteiger partial charge on any atom is -0.370 e. The number of rotatable bonds is 4. The maximum atomic E-state index is 12.1. The fourth-order valence-corrected chi connectivity index (χ4v) is 3.21. The van der Waals surface area contributed by atoms with Crippen LogP contribution in [0.15, 0.2) is 22.7 Å². The fourth-order valence-electron chi connectivity index (χ4n) is 2.58. The van der Waals surface area contributed by atoms with Crippen molar-refractivity contribution in [3.8, 4) is 6.07 Å². The Morgan fingerprint density at radius 1 is 1.57 bits per heavy atom. The first-order valence-corrected chi connectivity index (χ1v) is 7.87. The van der Waals surface area contributed by atoms with Crippen LogP contribution in [0.4, 0.5) is 5.69 Å². The summed E-state index contributed by atoms with van der Waals surface area (Å²) in [7, 11) is 0. The van der Waals surface area contributed by atoms with E-state index in [2.05, 4.69) is 32.2 Å². The molecule has 0 radical (unpaired) electrons. The third-order valence-corrected chi connectivity index (χ3v) is 4.29. The summed E-state index contributed by atoms with van der Waals surface area (Å²) in [5, 5.41) is 11.8. The number of nitrogens with one attached hydrogen (secondary N) is 1. The van der Waals surface area contributed by atoms with E-state index in [1.165, 1.54) is 0 Å². The van der Waals surface area contributed by atoms with Crippen LogP contribution in [0, 0.1) is 17.2 Å². The Morgan fingerprint density at radius 3 is 3.05 bits per heavy atom. The number of nitriles is 1. The highest BCUT2D eigenvalue weighted by Gasteiger charge is 2.26. The van der Waals surface area contributed by atoms with Crippen molar-refractivity contribution < 1.29 is 4.79 Å². The minimum absolute atomic E-state index is 0.00663. The highest BCUT2D eigenvalue weighted by atomic mass is 79.9. The van der Waals surface area contributed by atoms with Crippen LogP contribution < -0.4 is 16.0 Å². The first-order valence-electron chi connectivity index (χ1n) is 7.08. The lowest BCUT2D eigenvalue weighted by molar-refractivity contribution is -0.125. The zero-order valence-electron chi connectivity index (χ0n) is 11.8. The van der Waals surface area contributed by atoms with Gasteiger partial charge in [-0.15, -0.1) is 0 Å². The Kier molecular flexibility index (Phi) is 5.59. The molecule has 1 saturated heterocycles. The van der Waals surface area contributed by atoms with Crippen LogP contribution in [0.25, 0.3) is 0 Å². The Balaban J connectivity index is 2.07. The summed E-state index contributed by atoms with van der Waals surface area (Å²) in [6, 6.07) is 7.67. The zero-order valence-corrected chi connectivity index (χ0v) is 13.4. The number of anilines is 1. The van der Waals surface area contributed by atoms with Gasteiger partial charge in [-0.1, -0.05) is 0 Å². The molecule has 1 aromatic carbocycles. The molecule has 0 spiro atoms. The van der Waals surface area contributed by atoms with E-state index in [4.69, 9.17) is 11.0 Å². The number of halogens is 1. The van der Waals surface area contributed by atoms with Crippen molar-refractivity contribution in [1.82, 2.24) is 5.32 Å². The van der Waals surface area contributed by atoms with Crippen molar-refractivity contribution >= 4 is 27.5 Å². The smallest absolute Gasteiger partial charge is 0.224 e. The van der Waals surface area contributed by atoms with Gasteiger partial charge >= 0.3 is 0 Å². The van der Waals surface area contributed by atoms with Gasteiger partial charge in [-0.3, -0.25) is 4.79 Å². The molecule has 3 N–H and O–H groups in total. The second-order valence-corrected chi connectivity index (χ2v) is 6.00. The van der Waals surface area contributed by atoms with Gasteiger partial charge in [-0.2, -0.15) is 5.26 Å². The molecule has 1 aromatic rings. The molecule has 1 atom stereocenters. The van der Waals surface area contributed by atoms with Crippen LogP contribution in [0.2, 0.25) is 0 Å². The topological polar surface area (TPSA) is 82.2 Å². The normalized spacial score (nSPS) is 18.1.